The minimum absolute atomic E-state index is 0. The molecule has 2 aliphatic rings. The molecule has 1 saturated heterocycles. The zero-order chi connectivity index (χ0) is 7.03. The van der Waals surface area contributed by atoms with Crippen molar-refractivity contribution in [3.63, 3.8) is 0 Å². The second kappa shape index (κ2) is 3.72. The molecule has 0 spiro atoms. The summed E-state index contributed by atoms with van der Waals surface area (Å²) in [6, 6.07) is 0. The standard InChI is InChI=1S/C8H16OSi.Pt/c10-8(7-3-4-7)5-1-2-6-9-8;/h7H,1-6H2,10H3;. The maximum atomic E-state index is 5.85. The van der Waals surface area contributed by atoms with E-state index in [1.807, 2.05) is 0 Å². The maximum Gasteiger partial charge on any atom is 0.0513 e. The molecule has 0 amide bonds. The van der Waals surface area contributed by atoms with E-state index in [-0.39, 0.29) is 21.1 Å². The Hall–Kier alpha value is 0.865. The van der Waals surface area contributed by atoms with Gasteiger partial charge in [-0.05, 0) is 38.0 Å². The third kappa shape index (κ3) is 2.16. The molecule has 11 heavy (non-hydrogen) atoms. The molecule has 0 bridgehead atoms. The zero-order valence-electron chi connectivity index (χ0n) is 7.04. The van der Waals surface area contributed by atoms with Crippen molar-refractivity contribution in [3.8, 4) is 0 Å². The number of rotatable bonds is 1. The summed E-state index contributed by atoms with van der Waals surface area (Å²) in [5.41, 5.74) is 0. The van der Waals surface area contributed by atoms with Crippen LogP contribution >= 0.6 is 0 Å². The summed E-state index contributed by atoms with van der Waals surface area (Å²) in [7, 11) is 1.25. The summed E-state index contributed by atoms with van der Waals surface area (Å²) in [5.74, 6) is 0.972. The predicted octanol–water partition coefficient (Wildman–Crippen LogP) is 0.656. The molecule has 0 aromatic rings. The van der Waals surface area contributed by atoms with Crippen molar-refractivity contribution in [2.75, 3.05) is 6.61 Å². The van der Waals surface area contributed by atoms with Gasteiger partial charge >= 0.3 is 0 Å². The summed E-state index contributed by atoms with van der Waals surface area (Å²) >= 11 is 0. The zero-order valence-corrected chi connectivity index (χ0v) is 11.3. The Morgan fingerprint density at radius 1 is 1.27 bits per heavy atom. The summed E-state index contributed by atoms with van der Waals surface area (Å²) in [6.45, 7) is 1.04. The van der Waals surface area contributed by atoms with Gasteiger partial charge < -0.3 is 4.74 Å². The third-order valence-corrected chi connectivity index (χ3v) is 4.55. The Bertz CT molecular complexity index is 130. The average molecular weight is 351 g/mol. The second-order valence-electron chi connectivity index (χ2n) is 3.89. The monoisotopic (exact) mass is 351 g/mol. The van der Waals surface area contributed by atoms with Gasteiger partial charge in [0.15, 0.2) is 0 Å². The molecule has 0 radical (unpaired) electrons. The van der Waals surface area contributed by atoms with Gasteiger partial charge in [-0.3, -0.25) is 0 Å². The number of hydrogen-bond acceptors (Lipinski definition) is 1. The fourth-order valence-corrected chi connectivity index (χ4v) is 3.11. The van der Waals surface area contributed by atoms with E-state index in [9.17, 15) is 0 Å². The van der Waals surface area contributed by atoms with Gasteiger partial charge in [0, 0.05) is 37.9 Å². The predicted molar refractivity (Wildman–Crippen MR) is 45.2 cm³/mol. The first-order chi connectivity index (χ1) is 4.81. The van der Waals surface area contributed by atoms with E-state index >= 15 is 0 Å². The average Bonchev–Trinajstić information content (AvgIpc) is 2.69. The van der Waals surface area contributed by atoms with Gasteiger partial charge in [0.1, 0.15) is 0 Å². The molecule has 1 unspecified atom stereocenters. The van der Waals surface area contributed by atoms with Gasteiger partial charge in [0.25, 0.3) is 0 Å². The molecule has 0 aromatic heterocycles. The Kier molecular flexibility index (Phi) is 3.36. The molecule has 1 aliphatic heterocycles. The normalized spacial score (nSPS) is 38.2. The first-order valence-corrected chi connectivity index (χ1v) is 5.45. The van der Waals surface area contributed by atoms with E-state index in [2.05, 4.69) is 0 Å². The van der Waals surface area contributed by atoms with Gasteiger partial charge in [-0.1, -0.05) is 0 Å². The summed E-state index contributed by atoms with van der Waals surface area (Å²) < 4.78 is 5.85. The topological polar surface area (TPSA) is 9.23 Å². The van der Waals surface area contributed by atoms with Crippen molar-refractivity contribution in [1.29, 1.82) is 0 Å². The van der Waals surface area contributed by atoms with Crippen molar-refractivity contribution < 1.29 is 25.8 Å². The molecule has 0 N–H and O–H groups in total. The molecule has 1 nitrogen and oxygen atoms in total. The Morgan fingerprint density at radius 3 is 2.45 bits per heavy atom. The van der Waals surface area contributed by atoms with Crippen molar-refractivity contribution >= 4 is 10.2 Å². The van der Waals surface area contributed by atoms with Crippen molar-refractivity contribution in [3.05, 3.63) is 0 Å². The summed E-state index contributed by atoms with van der Waals surface area (Å²) in [4.78, 5) is 0. The van der Waals surface area contributed by atoms with Crippen molar-refractivity contribution in [1.82, 2.24) is 0 Å². The van der Waals surface area contributed by atoms with Gasteiger partial charge in [-0.25, -0.2) is 0 Å². The first-order valence-electron chi connectivity index (χ1n) is 4.45. The SMILES string of the molecule is [Pt].[SiH3]C1(C2CC2)CCCCO1. The van der Waals surface area contributed by atoms with Crippen LogP contribution in [0.2, 0.25) is 0 Å². The van der Waals surface area contributed by atoms with E-state index < -0.39 is 0 Å². The molecule has 1 atom stereocenters. The fraction of sp³-hybridized carbons (Fsp3) is 1.00. The van der Waals surface area contributed by atoms with Crippen LogP contribution in [0.5, 0.6) is 0 Å². The molecule has 3 heteroatoms. The van der Waals surface area contributed by atoms with Crippen LogP contribution in [-0.4, -0.2) is 22.1 Å². The Morgan fingerprint density at radius 2 is 2.00 bits per heavy atom. The van der Waals surface area contributed by atoms with Crippen LogP contribution in [0.4, 0.5) is 0 Å². The van der Waals surface area contributed by atoms with Crippen LogP contribution in [-0.2, 0) is 25.8 Å². The van der Waals surface area contributed by atoms with E-state index in [0.717, 1.165) is 12.5 Å². The molecule has 1 heterocycles. The van der Waals surface area contributed by atoms with Gasteiger partial charge in [0.2, 0.25) is 0 Å². The minimum Gasteiger partial charge on any atom is -0.379 e. The minimum atomic E-state index is 0. The maximum absolute atomic E-state index is 5.85. The largest absolute Gasteiger partial charge is 0.379 e. The van der Waals surface area contributed by atoms with Crippen LogP contribution in [0, 0.1) is 5.92 Å². The van der Waals surface area contributed by atoms with Crippen LogP contribution in [0.1, 0.15) is 32.1 Å². The van der Waals surface area contributed by atoms with Crippen LogP contribution in [0.3, 0.4) is 0 Å². The van der Waals surface area contributed by atoms with Crippen molar-refractivity contribution in [2.24, 2.45) is 5.92 Å². The smallest absolute Gasteiger partial charge is 0.0513 e. The molecule has 0 aromatic carbocycles. The van der Waals surface area contributed by atoms with Gasteiger partial charge in [-0.15, -0.1) is 0 Å². The molecule has 1 saturated carbocycles. The van der Waals surface area contributed by atoms with E-state index in [4.69, 9.17) is 4.74 Å². The van der Waals surface area contributed by atoms with E-state index in [0.29, 0.717) is 5.22 Å². The van der Waals surface area contributed by atoms with Crippen molar-refractivity contribution in [2.45, 2.75) is 37.3 Å². The Balaban J connectivity index is 0.000000605. The fourth-order valence-electron chi connectivity index (χ4n) is 1.97. The molecular weight excluding hydrogens is 335 g/mol. The van der Waals surface area contributed by atoms with Gasteiger partial charge in [0.05, 0.1) is 5.22 Å². The summed E-state index contributed by atoms with van der Waals surface area (Å²) in [5, 5.41) is 0.429. The van der Waals surface area contributed by atoms with Gasteiger partial charge in [-0.2, -0.15) is 0 Å². The quantitative estimate of drug-likeness (QED) is 0.631. The second-order valence-corrected chi connectivity index (χ2v) is 5.59. The molecule has 2 fully saturated rings. The number of hydrogen-bond donors (Lipinski definition) is 0. The third-order valence-electron chi connectivity index (χ3n) is 2.94. The molecule has 2 rings (SSSR count). The van der Waals surface area contributed by atoms with Crippen LogP contribution in [0.15, 0.2) is 0 Å². The molecule has 1 aliphatic carbocycles. The first kappa shape index (κ1) is 9.95. The van der Waals surface area contributed by atoms with E-state index in [1.165, 1.54) is 42.3 Å². The molecular formula is C8H16OPtSi. The summed E-state index contributed by atoms with van der Waals surface area (Å²) in [6.07, 6.45) is 6.98. The van der Waals surface area contributed by atoms with Crippen LogP contribution in [0.25, 0.3) is 0 Å². The number of ether oxygens (including phenoxy) is 1. The van der Waals surface area contributed by atoms with E-state index in [1.54, 1.807) is 0 Å². The van der Waals surface area contributed by atoms with Crippen LogP contribution < -0.4 is 0 Å². The Labute approximate surface area is 86.0 Å². The molecule has 68 valence electrons.